The third kappa shape index (κ3) is 4.53. The zero-order valence-electron chi connectivity index (χ0n) is 13.0. The first kappa shape index (κ1) is 18.8. The Morgan fingerprint density at radius 3 is 2.56 bits per heavy atom. The molecule has 3 N–H and O–H groups in total. The van der Waals surface area contributed by atoms with Crippen molar-refractivity contribution < 1.29 is 18.1 Å². The first-order valence-electron chi connectivity index (χ1n) is 6.97. The Morgan fingerprint density at radius 1 is 1.28 bits per heavy atom. The Labute approximate surface area is 148 Å². The summed E-state index contributed by atoms with van der Waals surface area (Å²) in [5.41, 5.74) is 0.185. The van der Waals surface area contributed by atoms with Crippen molar-refractivity contribution in [2.24, 2.45) is 5.14 Å². The second kappa shape index (κ2) is 7.18. The highest BCUT2D eigenvalue weighted by molar-refractivity contribution is 7.89. The smallest absolute Gasteiger partial charge is 0.270 e. The van der Waals surface area contributed by atoms with Gasteiger partial charge in [0.2, 0.25) is 10.0 Å². The van der Waals surface area contributed by atoms with Crippen LogP contribution >= 0.6 is 11.6 Å². The Hall–Kier alpha value is -2.49. The van der Waals surface area contributed by atoms with E-state index in [0.29, 0.717) is 5.56 Å². The highest BCUT2D eigenvalue weighted by atomic mass is 35.5. The van der Waals surface area contributed by atoms with E-state index in [9.17, 15) is 23.3 Å². The summed E-state index contributed by atoms with van der Waals surface area (Å²) in [5, 5.41) is 18.6. The van der Waals surface area contributed by atoms with Gasteiger partial charge in [-0.3, -0.25) is 14.9 Å². The van der Waals surface area contributed by atoms with Gasteiger partial charge in [-0.2, -0.15) is 0 Å². The molecule has 0 heterocycles. The largest absolute Gasteiger partial charge is 0.345 e. The minimum absolute atomic E-state index is 0.0506. The number of carbonyl (C=O) groups is 1. The van der Waals surface area contributed by atoms with Crippen LogP contribution < -0.4 is 10.5 Å². The molecule has 2 rings (SSSR count). The molecule has 0 aliphatic rings. The maximum atomic E-state index is 12.3. The highest BCUT2D eigenvalue weighted by Gasteiger charge is 2.19. The van der Waals surface area contributed by atoms with Crippen molar-refractivity contribution in [1.82, 2.24) is 5.32 Å². The summed E-state index contributed by atoms with van der Waals surface area (Å²) in [4.78, 5) is 22.5. The molecule has 10 heteroatoms. The summed E-state index contributed by atoms with van der Waals surface area (Å²) in [6, 6.07) is 8.75. The number of non-ortho nitro benzene ring substituents is 1. The monoisotopic (exact) mass is 383 g/mol. The first-order chi connectivity index (χ1) is 11.6. The number of nitro benzene ring substituents is 1. The average molecular weight is 384 g/mol. The number of hydrogen-bond acceptors (Lipinski definition) is 5. The summed E-state index contributed by atoms with van der Waals surface area (Å²) < 4.78 is 22.8. The van der Waals surface area contributed by atoms with E-state index in [-0.39, 0.29) is 21.2 Å². The van der Waals surface area contributed by atoms with E-state index in [1.165, 1.54) is 30.3 Å². The van der Waals surface area contributed by atoms with Crippen molar-refractivity contribution >= 4 is 33.2 Å². The molecule has 2 aromatic rings. The van der Waals surface area contributed by atoms with Crippen LogP contribution in [0.1, 0.15) is 28.9 Å². The predicted octanol–water partition coefficient (Wildman–Crippen LogP) is 2.39. The van der Waals surface area contributed by atoms with Crippen LogP contribution in [0.15, 0.2) is 47.4 Å². The predicted molar refractivity (Wildman–Crippen MR) is 91.8 cm³/mol. The van der Waals surface area contributed by atoms with Gasteiger partial charge in [-0.05, 0) is 30.7 Å². The van der Waals surface area contributed by atoms with Crippen molar-refractivity contribution in [2.45, 2.75) is 17.9 Å². The molecular weight excluding hydrogens is 370 g/mol. The maximum absolute atomic E-state index is 12.3. The number of hydrogen-bond donors (Lipinski definition) is 2. The van der Waals surface area contributed by atoms with E-state index in [1.807, 2.05) is 0 Å². The number of nitrogens with one attached hydrogen (secondary N) is 1. The lowest BCUT2D eigenvalue weighted by atomic mass is 10.1. The minimum Gasteiger partial charge on any atom is -0.345 e. The van der Waals surface area contributed by atoms with Gasteiger partial charge in [-0.25, -0.2) is 13.6 Å². The summed E-state index contributed by atoms with van der Waals surface area (Å²) in [6.45, 7) is 1.63. The lowest BCUT2D eigenvalue weighted by Crippen LogP contribution is -2.27. The molecule has 0 radical (unpaired) electrons. The molecule has 25 heavy (non-hydrogen) atoms. The van der Waals surface area contributed by atoms with E-state index in [2.05, 4.69) is 5.32 Å². The Kier molecular flexibility index (Phi) is 5.41. The SMILES string of the molecule is CC(NC(=O)c1cc([N+](=O)[O-])ccc1Cl)c1cccc(S(N)(=O)=O)c1. The third-order valence-corrected chi connectivity index (χ3v) is 4.68. The van der Waals surface area contributed by atoms with Crippen molar-refractivity contribution in [2.75, 3.05) is 0 Å². The number of nitrogens with zero attached hydrogens (tertiary/aromatic N) is 1. The van der Waals surface area contributed by atoms with Gasteiger partial charge >= 0.3 is 0 Å². The van der Waals surface area contributed by atoms with Gasteiger partial charge in [0.15, 0.2) is 0 Å². The molecule has 0 aromatic heterocycles. The average Bonchev–Trinajstić information content (AvgIpc) is 2.54. The van der Waals surface area contributed by atoms with Gasteiger partial charge in [0.05, 0.1) is 26.4 Å². The number of benzene rings is 2. The Balaban J connectivity index is 2.27. The lowest BCUT2D eigenvalue weighted by Gasteiger charge is -2.15. The Bertz CT molecular complexity index is 946. The normalized spacial score (nSPS) is 12.4. The van der Waals surface area contributed by atoms with Crippen LogP contribution in [-0.4, -0.2) is 19.2 Å². The maximum Gasteiger partial charge on any atom is 0.270 e. The van der Waals surface area contributed by atoms with Crippen molar-refractivity contribution in [3.63, 3.8) is 0 Å². The highest BCUT2D eigenvalue weighted by Crippen LogP contribution is 2.23. The van der Waals surface area contributed by atoms with E-state index in [0.717, 1.165) is 6.07 Å². The first-order valence-corrected chi connectivity index (χ1v) is 8.89. The van der Waals surface area contributed by atoms with Gasteiger partial charge in [-0.15, -0.1) is 0 Å². The second-order valence-corrected chi connectivity index (χ2v) is 7.20. The number of nitro groups is 1. The van der Waals surface area contributed by atoms with E-state index >= 15 is 0 Å². The fourth-order valence-electron chi connectivity index (χ4n) is 2.12. The van der Waals surface area contributed by atoms with Gasteiger partial charge < -0.3 is 5.32 Å². The van der Waals surface area contributed by atoms with Crippen LogP contribution in [0, 0.1) is 10.1 Å². The minimum atomic E-state index is -3.87. The van der Waals surface area contributed by atoms with E-state index in [4.69, 9.17) is 16.7 Å². The number of nitrogens with two attached hydrogens (primary N) is 1. The molecule has 1 amide bonds. The molecule has 0 aliphatic heterocycles. The Morgan fingerprint density at radius 2 is 1.96 bits per heavy atom. The number of amides is 1. The fourth-order valence-corrected chi connectivity index (χ4v) is 2.89. The van der Waals surface area contributed by atoms with Crippen molar-refractivity contribution in [3.05, 3.63) is 68.7 Å². The van der Waals surface area contributed by atoms with E-state index < -0.39 is 26.9 Å². The quantitative estimate of drug-likeness (QED) is 0.604. The molecule has 8 nitrogen and oxygen atoms in total. The van der Waals surface area contributed by atoms with Crippen LogP contribution in [0.4, 0.5) is 5.69 Å². The van der Waals surface area contributed by atoms with Crippen molar-refractivity contribution in [3.8, 4) is 0 Å². The molecule has 0 fully saturated rings. The third-order valence-electron chi connectivity index (χ3n) is 3.44. The van der Waals surface area contributed by atoms with Gasteiger partial charge in [0.1, 0.15) is 0 Å². The molecule has 0 bridgehead atoms. The number of halogens is 1. The summed E-state index contributed by atoms with van der Waals surface area (Å²) in [5.74, 6) is -0.623. The van der Waals surface area contributed by atoms with Crippen LogP contribution in [-0.2, 0) is 10.0 Å². The molecule has 2 aromatic carbocycles. The van der Waals surface area contributed by atoms with Gasteiger partial charge in [0.25, 0.3) is 11.6 Å². The fraction of sp³-hybridized carbons (Fsp3) is 0.133. The number of sulfonamides is 1. The molecule has 0 aliphatic carbocycles. The molecule has 0 saturated carbocycles. The van der Waals surface area contributed by atoms with Crippen molar-refractivity contribution in [1.29, 1.82) is 0 Å². The van der Waals surface area contributed by atoms with Gasteiger partial charge in [0, 0.05) is 12.1 Å². The zero-order valence-corrected chi connectivity index (χ0v) is 14.5. The number of carbonyl (C=O) groups excluding carboxylic acids is 1. The molecular formula is C15H14ClN3O5S. The summed E-state index contributed by atoms with van der Waals surface area (Å²) in [7, 11) is -3.87. The second-order valence-electron chi connectivity index (χ2n) is 5.23. The molecule has 1 unspecified atom stereocenters. The summed E-state index contributed by atoms with van der Waals surface area (Å²) >= 11 is 5.93. The molecule has 0 spiro atoms. The lowest BCUT2D eigenvalue weighted by molar-refractivity contribution is -0.384. The molecule has 0 saturated heterocycles. The van der Waals surface area contributed by atoms with Crippen LogP contribution in [0.5, 0.6) is 0 Å². The summed E-state index contributed by atoms with van der Waals surface area (Å²) in [6.07, 6.45) is 0. The van der Waals surface area contributed by atoms with Crippen LogP contribution in [0.3, 0.4) is 0 Å². The molecule has 1 atom stereocenters. The zero-order chi connectivity index (χ0) is 18.8. The van der Waals surface area contributed by atoms with Crippen LogP contribution in [0.25, 0.3) is 0 Å². The number of primary sulfonamides is 1. The van der Waals surface area contributed by atoms with Crippen LogP contribution in [0.2, 0.25) is 5.02 Å². The van der Waals surface area contributed by atoms with E-state index in [1.54, 1.807) is 13.0 Å². The number of rotatable bonds is 5. The molecule has 132 valence electrons. The van der Waals surface area contributed by atoms with Gasteiger partial charge in [-0.1, -0.05) is 23.7 Å². The standard InChI is InChI=1S/C15H14ClN3O5S/c1-9(10-3-2-4-12(7-10)25(17,23)24)18-15(20)13-8-11(19(21)22)5-6-14(13)16/h2-9H,1H3,(H,18,20)(H2,17,23,24). The topological polar surface area (TPSA) is 132 Å².